The summed E-state index contributed by atoms with van der Waals surface area (Å²) in [5.74, 6) is 1.01. The van der Waals surface area contributed by atoms with Crippen molar-refractivity contribution in [2.24, 2.45) is 0 Å². The van der Waals surface area contributed by atoms with Gasteiger partial charge >= 0.3 is 0 Å². The molecule has 0 bridgehead atoms. The lowest BCUT2D eigenvalue weighted by Gasteiger charge is -2.24. The molecule has 0 atom stereocenters. The van der Waals surface area contributed by atoms with Crippen molar-refractivity contribution in [3.8, 4) is 11.5 Å². The van der Waals surface area contributed by atoms with Gasteiger partial charge in [0.25, 0.3) is 0 Å². The molecule has 1 aliphatic heterocycles. The second-order valence-corrected chi connectivity index (χ2v) is 6.73. The zero-order valence-electron chi connectivity index (χ0n) is 17.1. The first-order valence-corrected chi connectivity index (χ1v) is 9.84. The minimum absolute atomic E-state index is 0.100. The van der Waals surface area contributed by atoms with E-state index in [0.717, 1.165) is 24.5 Å². The zero-order chi connectivity index (χ0) is 20.8. The standard InChI is InChI=1S/C22H27N3O4/c1-4-24(5-2)18-7-9-19(10-8-18)25(16(3)26)13-12-22(27)23-17-6-11-20-21(14-17)29-15-28-20/h6-11,14H,4-5,12-13,15H2,1-3H3,(H,23,27). The molecule has 2 amide bonds. The van der Waals surface area contributed by atoms with E-state index in [1.165, 1.54) is 6.92 Å². The van der Waals surface area contributed by atoms with Gasteiger partial charge in [0.05, 0.1) is 0 Å². The molecule has 0 fully saturated rings. The quantitative estimate of drug-likeness (QED) is 0.736. The maximum absolute atomic E-state index is 12.4. The summed E-state index contributed by atoms with van der Waals surface area (Å²) in [6.07, 6.45) is 0.186. The summed E-state index contributed by atoms with van der Waals surface area (Å²) < 4.78 is 10.6. The molecule has 0 spiro atoms. The smallest absolute Gasteiger partial charge is 0.231 e. The fourth-order valence-corrected chi connectivity index (χ4v) is 3.31. The van der Waals surface area contributed by atoms with E-state index < -0.39 is 0 Å². The molecule has 7 heteroatoms. The zero-order valence-corrected chi connectivity index (χ0v) is 17.1. The van der Waals surface area contributed by atoms with Crippen molar-refractivity contribution in [1.82, 2.24) is 0 Å². The molecule has 7 nitrogen and oxygen atoms in total. The Morgan fingerprint density at radius 1 is 0.966 bits per heavy atom. The number of carbonyl (C=O) groups is 2. The lowest BCUT2D eigenvalue weighted by atomic mass is 10.2. The number of benzene rings is 2. The molecule has 1 N–H and O–H groups in total. The van der Waals surface area contributed by atoms with Crippen LogP contribution in [-0.4, -0.2) is 38.2 Å². The van der Waals surface area contributed by atoms with Crippen molar-refractivity contribution in [3.63, 3.8) is 0 Å². The topological polar surface area (TPSA) is 71.1 Å². The van der Waals surface area contributed by atoms with Crippen LogP contribution in [0, 0.1) is 0 Å². The van der Waals surface area contributed by atoms with Crippen LogP contribution < -0.4 is 24.6 Å². The lowest BCUT2D eigenvalue weighted by molar-refractivity contribution is -0.117. The highest BCUT2D eigenvalue weighted by Gasteiger charge is 2.16. The highest BCUT2D eigenvalue weighted by molar-refractivity contribution is 5.95. The lowest BCUT2D eigenvalue weighted by Crippen LogP contribution is -2.32. The predicted molar refractivity (Wildman–Crippen MR) is 114 cm³/mol. The molecule has 1 aliphatic rings. The molecule has 2 aromatic rings. The van der Waals surface area contributed by atoms with Gasteiger partial charge in [-0.15, -0.1) is 0 Å². The average Bonchev–Trinajstić information content (AvgIpc) is 3.17. The van der Waals surface area contributed by atoms with Crippen LogP contribution in [0.2, 0.25) is 0 Å². The van der Waals surface area contributed by atoms with E-state index in [9.17, 15) is 9.59 Å². The van der Waals surface area contributed by atoms with Gasteiger partial charge in [0.15, 0.2) is 11.5 Å². The third kappa shape index (κ3) is 4.99. The number of fused-ring (bicyclic) bond motifs is 1. The first-order valence-electron chi connectivity index (χ1n) is 9.84. The molecule has 0 saturated heterocycles. The van der Waals surface area contributed by atoms with E-state index in [2.05, 4.69) is 24.1 Å². The fourth-order valence-electron chi connectivity index (χ4n) is 3.31. The molecule has 0 aliphatic carbocycles. The number of anilines is 3. The molecule has 2 aromatic carbocycles. The summed E-state index contributed by atoms with van der Waals surface area (Å²) in [5, 5.41) is 2.84. The van der Waals surface area contributed by atoms with Gasteiger partial charge in [0.2, 0.25) is 18.6 Å². The first-order chi connectivity index (χ1) is 14.0. The molecule has 0 saturated carbocycles. The number of carbonyl (C=O) groups excluding carboxylic acids is 2. The van der Waals surface area contributed by atoms with Crippen LogP contribution in [-0.2, 0) is 9.59 Å². The van der Waals surface area contributed by atoms with Crippen LogP contribution in [0.15, 0.2) is 42.5 Å². The van der Waals surface area contributed by atoms with Crippen molar-refractivity contribution in [2.75, 3.05) is 41.5 Å². The highest BCUT2D eigenvalue weighted by atomic mass is 16.7. The van der Waals surface area contributed by atoms with E-state index in [1.807, 2.05) is 24.3 Å². The number of rotatable bonds is 8. The Labute approximate surface area is 171 Å². The van der Waals surface area contributed by atoms with Crippen molar-refractivity contribution in [2.45, 2.75) is 27.2 Å². The van der Waals surface area contributed by atoms with Crippen molar-refractivity contribution in [1.29, 1.82) is 0 Å². The number of nitrogens with one attached hydrogen (secondary N) is 1. The van der Waals surface area contributed by atoms with Crippen molar-refractivity contribution in [3.05, 3.63) is 42.5 Å². The SMILES string of the molecule is CCN(CC)c1ccc(N(CCC(=O)Nc2ccc3c(c2)OCO3)C(C)=O)cc1. The maximum atomic E-state index is 12.4. The second kappa shape index (κ2) is 9.32. The van der Waals surface area contributed by atoms with Gasteiger partial charge in [0.1, 0.15) is 0 Å². The molecule has 0 unspecified atom stereocenters. The van der Waals surface area contributed by atoms with E-state index in [0.29, 0.717) is 23.7 Å². The van der Waals surface area contributed by atoms with Crippen LogP contribution in [0.3, 0.4) is 0 Å². The van der Waals surface area contributed by atoms with Crippen molar-refractivity contribution < 1.29 is 19.1 Å². The fraction of sp³-hybridized carbons (Fsp3) is 0.364. The third-order valence-corrected chi connectivity index (χ3v) is 4.89. The molecule has 3 rings (SSSR count). The van der Waals surface area contributed by atoms with E-state index in [4.69, 9.17) is 9.47 Å². The van der Waals surface area contributed by atoms with E-state index in [-0.39, 0.29) is 25.0 Å². The van der Waals surface area contributed by atoms with E-state index >= 15 is 0 Å². The summed E-state index contributed by atoms with van der Waals surface area (Å²) in [6.45, 7) is 8.06. The van der Waals surface area contributed by atoms with Crippen LogP contribution in [0.5, 0.6) is 11.5 Å². The van der Waals surface area contributed by atoms with Gasteiger partial charge in [0, 0.05) is 56.1 Å². The highest BCUT2D eigenvalue weighted by Crippen LogP contribution is 2.34. The maximum Gasteiger partial charge on any atom is 0.231 e. The van der Waals surface area contributed by atoms with Crippen LogP contribution >= 0.6 is 0 Å². The number of amides is 2. The third-order valence-electron chi connectivity index (χ3n) is 4.89. The Bertz CT molecular complexity index is 863. The molecule has 154 valence electrons. The van der Waals surface area contributed by atoms with Gasteiger partial charge in [-0.2, -0.15) is 0 Å². The Morgan fingerprint density at radius 3 is 2.28 bits per heavy atom. The van der Waals surface area contributed by atoms with E-state index in [1.54, 1.807) is 23.1 Å². The minimum Gasteiger partial charge on any atom is -0.454 e. The Morgan fingerprint density at radius 2 is 1.62 bits per heavy atom. The van der Waals surface area contributed by atoms with Gasteiger partial charge in [-0.3, -0.25) is 9.59 Å². The van der Waals surface area contributed by atoms with Crippen LogP contribution in [0.1, 0.15) is 27.2 Å². The first kappa shape index (κ1) is 20.5. The molecule has 0 radical (unpaired) electrons. The van der Waals surface area contributed by atoms with Gasteiger partial charge in [-0.05, 0) is 50.2 Å². The summed E-state index contributed by atoms with van der Waals surface area (Å²) in [5.41, 5.74) is 2.53. The minimum atomic E-state index is -0.171. The Kier molecular flexibility index (Phi) is 6.59. The molecule has 1 heterocycles. The molecular formula is C22H27N3O4. The monoisotopic (exact) mass is 397 g/mol. The predicted octanol–water partition coefficient (Wildman–Crippen LogP) is 3.64. The number of hydrogen-bond acceptors (Lipinski definition) is 5. The summed E-state index contributed by atoms with van der Waals surface area (Å²) >= 11 is 0. The Hall–Kier alpha value is -3.22. The molecule has 0 aromatic heterocycles. The summed E-state index contributed by atoms with van der Waals surface area (Å²) in [4.78, 5) is 28.3. The largest absolute Gasteiger partial charge is 0.454 e. The van der Waals surface area contributed by atoms with Crippen LogP contribution in [0.25, 0.3) is 0 Å². The average molecular weight is 397 g/mol. The molecule has 29 heavy (non-hydrogen) atoms. The van der Waals surface area contributed by atoms with Crippen LogP contribution in [0.4, 0.5) is 17.1 Å². The number of ether oxygens (including phenoxy) is 2. The normalized spacial score (nSPS) is 11.8. The number of hydrogen-bond donors (Lipinski definition) is 1. The van der Waals surface area contributed by atoms with Crippen molar-refractivity contribution >= 4 is 28.9 Å². The number of nitrogens with zero attached hydrogens (tertiary/aromatic N) is 2. The Balaban J connectivity index is 1.60. The summed E-state index contributed by atoms with van der Waals surface area (Å²) in [6, 6.07) is 13.1. The summed E-state index contributed by atoms with van der Waals surface area (Å²) in [7, 11) is 0. The van der Waals surface area contributed by atoms with Gasteiger partial charge in [-0.25, -0.2) is 0 Å². The second-order valence-electron chi connectivity index (χ2n) is 6.73. The van der Waals surface area contributed by atoms with Gasteiger partial charge < -0.3 is 24.6 Å². The molecular weight excluding hydrogens is 370 g/mol. The van der Waals surface area contributed by atoms with Gasteiger partial charge in [-0.1, -0.05) is 0 Å².